The fourth-order valence-electron chi connectivity index (χ4n) is 2.34. The number of aryl methyl sites for hydroxylation is 1. The zero-order valence-corrected chi connectivity index (χ0v) is 9.36. The van der Waals surface area contributed by atoms with Gasteiger partial charge >= 0.3 is 0 Å². The molecule has 0 radical (unpaired) electrons. The molecule has 0 spiro atoms. The van der Waals surface area contributed by atoms with Crippen molar-refractivity contribution in [2.45, 2.75) is 25.7 Å². The molecule has 2 heteroatoms. The van der Waals surface area contributed by atoms with E-state index in [-0.39, 0.29) is 0 Å². The van der Waals surface area contributed by atoms with Crippen LogP contribution in [0, 0.1) is 0 Å². The molecule has 1 aromatic rings. The molecule has 0 saturated carbocycles. The smallest absolute Gasteiger partial charge is 0.120 e. The third-order valence-corrected chi connectivity index (χ3v) is 3.23. The van der Waals surface area contributed by atoms with E-state index in [9.17, 15) is 4.79 Å². The molecule has 2 nitrogen and oxygen atoms in total. The lowest BCUT2D eigenvalue weighted by Crippen LogP contribution is -2.15. The summed E-state index contributed by atoms with van der Waals surface area (Å²) in [6.07, 6.45) is 2.74. The summed E-state index contributed by atoms with van der Waals surface area (Å²) in [7, 11) is 2.09. The minimum absolute atomic E-state index is 0.397. The molecule has 0 fully saturated rings. The van der Waals surface area contributed by atoms with E-state index in [2.05, 4.69) is 37.1 Å². The van der Waals surface area contributed by atoms with Crippen LogP contribution in [0.1, 0.15) is 30.4 Å². The molecule has 1 aliphatic rings. The van der Waals surface area contributed by atoms with Crippen molar-refractivity contribution in [3.63, 3.8) is 0 Å². The van der Waals surface area contributed by atoms with E-state index in [4.69, 9.17) is 0 Å². The Hall–Kier alpha value is -1.31. The molecule has 0 amide bonds. The van der Waals surface area contributed by atoms with Crippen LogP contribution in [0.15, 0.2) is 18.2 Å². The lowest BCUT2D eigenvalue weighted by molar-refractivity contribution is -0.108. The number of carbonyl (C=O) groups is 1. The summed E-state index contributed by atoms with van der Waals surface area (Å²) in [5.74, 6) is 0.397. The number of likely N-dealkylation sites (N-methyl/N-ethyl adjacent to an activating group) is 1. The van der Waals surface area contributed by atoms with Gasteiger partial charge in [0.2, 0.25) is 0 Å². The average Bonchev–Trinajstić information content (AvgIpc) is 2.56. The Morgan fingerprint density at radius 2 is 2.33 bits per heavy atom. The van der Waals surface area contributed by atoms with Crippen LogP contribution in [-0.2, 0) is 11.2 Å². The van der Waals surface area contributed by atoms with Crippen LogP contribution < -0.4 is 4.90 Å². The van der Waals surface area contributed by atoms with Crippen molar-refractivity contribution in [2.24, 2.45) is 0 Å². The summed E-state index contributed by atoms with van der Waals surface area (Å²) in [6, 6.07) is 6.62. The first-order valence-electron chi connectivity index (χ1n) is 5.53. The summed E-state index contributed by atoms with van der Waals surface area (Å²) >= 11 is 0. The van der Waals surface area contributed by atoms with Gasteiger partial charge in [-0.3, -0.25) is 0 Å². The number of hydrogen-bond donors (Lipinski definition) is 0. The molecule has 1 heterocycles. The Balaban J connectivity index is 2.37. The van der Waals surface area contributed by atoms with Gasteiger partial charge in [-0.2, -0.15) is 0 Å². The number of nitrogens with zero attached hydrogens (tertiary/aromatic N) is 1. The van der Waals surface area contributed by atoms with Crippen LogP contribution in [-0.4, -0.2) is 19.9 Å². The van der Waals surface area contributed by atoms with Crippen LogP contribution >= 0.6 is 0 Å². The second-order valence-electron chi connectivity index (χ2n) is 4.23. The molecular weight excluding hydrogens is 186 g/mol. The van der Waals surface area contributed by atoms with Crippen LogP contribution in [0.5, 0.6) is 0 Å². The summed E-state index contributed by atoms with van der Waals surface area (Å²) in [6.45, 7) is 3.14. The van der Waals surface area contributed by atoms with Gasteiger partial charge in [-0.15, -0.1) is 0 Å². The summed E-state index contributed by atoms with van der Waals surface area (Å²) in [4.78, 5) is 12.9. The van der Waals surface area contributed by atoms with Gasteiger partial charge in [0.05, 0.1) is 0 Å². The van der Waals surface area contributed by atoms with Crippen LogP contribution in [0.4, 0.5) is 5.69 Å². The Labute approximate surface area is 90.9 Å². The highest BCUT2D eigenvalue weighted by Gasteiger charge is 2.25. The zero-order valence-electron chi connectivity index (χ0n) is 9.36. The monoisotopic (exact) mass is 203 g/mol. The Morgan fingerprint density at radius 3 is 3.00 bits per heavy atom. The quantitative estimate of drug-likeness (QED) is 0.703. The van der Waals surface area contributed by atoms with Crippen molar-refractivity contribution in [3.05, 3.63) is 29.3 Å². The molecule has 1 atom stereocenters. The van der Waals surface area contributed by atoms with Crippen LogP contribution in [0.25, 0.3) is 0 Å². The SMILES string of the molecule is CCc1ccc2c(c1)C(CC=O)CN2C. The maximum Gasteiger partial charge on any atom is 0.120 e. The maximum atomic E-state index is 10.6. The Kier molecular flexibility index (Phi) is 2.76. The number of aldehydes is 1. The third-order valence-electron chi connectivity index (χ3n) is 3.23. The van der Waals surface area contributed by atoms with E-state index in [1.165, 1.54) is 16.8 Å². The summed E-state index contributed by atoms with van der Waals surface area (Å²) in [5, 5.41) is 0. The minimum atomic E-state index is 0.397. The topological polar surface area (TPSA) is 20.3 Å². The van der Waals surface area contributed by atoms with E-state index in [1.807, 2.05) is 0 Å². The molecule has 1 unspecified atom stereocenters. The standard InChI is InChI=1S/C13H17NO/c1-3-10-4-5-13-12(8-10)11(6-7-15)9-14(13)2/h4-5,7-8,11H,3,6,9H2,1-2H3. The van der Waals surface area contributed by atoms with Crippen molar-refractivity contribution in [1.82, 2.24) is 0 Å². The van der Waals surface area contributed by atoms with E-state index in [0.29, 0.717) is 12.3 Å². The molecule has 15 heavy (non-hydrogen) atoms. The van der Waals surface area contributed by atoms with Crippen molar-refractivity contribution >= 4 is 12.0 Å². The predicted molar refractivity (Wildman–Crippen MR) is 62.5 cm³/mol. The normalized spacial score (nSPS) is 19.1. The summed E-state index contributed by atoms with van der Waals surface area (Å²) in [5.41, 5.74) is 4.00. The number of anilines is 1. The molecule has 0 N–H and O–H groups in total. The lowest BCUT2D eigenvalue weighted by Gasteiger charge is -2.11. The van der Waals surface area contributed by atoms with Crippen molar-refractivity contribution in [1.29, 1.82) is 0 Å². The Morgan fingerprint density at radius 1 is 1.53 bits per heavy atom. The Bertz CT molecular complexity index is 373. The highest BCUT2D eigenvalue weighted by molar-refractivity contribution is 5.64. The molecule has 80 valence electrons. The molecule has 0 aliphatic carbocycles. The molecule has 0 saturated heterocycles. The first kappa shape index (κ1) is 10.2. The van der Waals surface area contributed by atoms with E-state index in [1.54, 1.807) is 0 Å². The van der Waals surface area contributed by atoms with Crippen molar-refractivity contribution in [3.8, 4) is 0 Å². The number of hydrogen-bond acceptors (Lipinski definition) is 2. The van der Waals surface area contributed by atoms with E-state index >= 15 is 0 Å². The summed E-state index contributed by atoms with van der Waals surface area (Å²) < 4.78 is 0. The van der Waals surface area contributed by atoms with Gasteiger partial charge in [-0.25, -0.2) is 0 Å². The van der Waals surface area contributed by atoms with Crippen LogP contribution in [0.2, 0.25) is 0 Å². The minimum Gasteiger partial charge on any atom is -0.374 e. The molecule has 0 bridgehead atoms. The average molecular weight is 203 g/mol. The molecule has 1 aliphatic heterocycles. The van der Waals surface area contributed by atoms with Gasteiger partial charge in [0, 0.05) is 31.6 Å². The predicted octanol–water partition coefficient (Wildman–Crippen LogP) is 2.37. The first-order chi connectivity index (χ1) is 7.26. The molecule has 2 rings (SSSR count). The molecular formula is C13H17NO. The van der Waals surface area contributed by atoms with E-state index in [0.717, 1.165) is 19.3 Å². The van der Waals surface area contributed by atoms with Crippen LogP contribution in [0.3, 0.4) is 0 Å². The lowest BCUT2D eigenvalue weighted by atomic mass is 9.96. The van der Waals surface area contributed by atoms with Crippen molar-refractivity contribution in [2.75, 3.05) is 18.5 Å². The fraction of sp³-hybridized carbons (Fsp3) is 0.462. The van der Waals surface area contributed by atoms with Gasteiger partial charge in [-0.1, -0.05) is 19.1 Å². The van der Waals surface area contributed by atoms with Gasteiger partial charge in [-0.05, 0) is 23.6 Å². The highest BCUT2D eigenvalue weighted by Crippen LogP contribution is 2.37. The second kappa shape index (κ2) is 4.05. The van der Waals surface area contributed by atoms with E-state index < -0.39 is 0 Å². The largest absolute Gasteiger partial charge is 0.374 e. The number of rotatable bonds is 3. The fourth-order valence-corrected chi connectivity index (χ4v) is 2.34. The second-order valence-corrected chi connectivity index (χ2v) is 4.23. The van der Waals surface area contributed by atoms with Gasteiger partial charge in [0.1, 0.15) is 6.29 Å². The van der Waals surface area contributed by atoms with Gasteiger partial charge in [0.25, 0.3) is 0 Å². The maximum absolute atomic E-state index is 10.6. The number of benzene rings is 1. The number of carbonyl (C=O) groups excluding carboxylic acids is 1. The van der Waals surface area contributed by atoms with Gasteiger partial charge in [0.15, 0.2) is 0 Å². The molecule has 1 aromatic carbocycles. The zero-order chi connectivity index (χ0) is 10.8. The van der Waals surface area contributed by atoms with Crippen molar-refractivity contribution < 1.29 is 4.79 Å². The van der Waals surface area contributed by atoms with Gasteiger partial charge < -0.3 is 9.69 Å². The third kappa shape index (κ3) is 1.76. The highest BCUT2D eigenvalue weighted by atomic mass is 16.1. The first-order valence-corrected chi connectivity index (χ1v) is 5.53. The molecule has 0 aromatic heterocycles. The number of fused-ring (bicyclic) bond motifs is 1.